The standard InChI is InChI=1S/C20H21N3O6/c1-21(16-6-4-3-5-15(16)20(25)28-2)19(24)14-7-8-17(18(13-14)23(26)27)22-9-11-29-12-10-22/h3-8,13H,9-12H2,1-2H3. The van der Waals surface area contributed by atoms with Crippen LogP contribution in [0.25, 0.3) is 0 Å². The summed E-state index contributed by atoms with van der Waals surface area (Å²) in [5.74, 6) is -1.05. The van der Waals surface area contributed by atoms with Crippen LogP contribution in [0.1, 0.15) is 20.7 Å². The van der Waals surface area contributed by atoms with Crippen LogP contribution in [0.4, 0.5) is 17.1 Å². The molecule has 0 spiro atoms. The Kier molecular flexibility index (Phi) is 6.08. The van der Waals surface area contributed by atoms with Crippen molar-refractivity contribution in [2.24, 2.45) is 0 Å². The largest absolute Gasteiger partial charge is 0.465 e. The van der Waals surface area contributed by atoms with Crippen molar-refractivity contribution in [3.8, 4) is 0 Å². The minimum atomic E-state index is -0.575. The molecular formula is C20H21N3O6. The number of hydrogen-bond donors (Lipinski definition) is 0. The first-order chi connectivity index (χ1) is 13.9. The summed E-state index contributed by atoms with van der Waals surface area (Å²) in [6.07, 6.45) is 0. The Morgan fingerprint density at radius 3 is 2.52 bits per heavy atom. The summed E-state index contributed by atoms with van der Waals surface area (Å²) in [5.41, 5.74) is 1.03. The number of amides is 1. The molecule has 2 aromatic rings. The number of hydrogen-bond acceptors (Lipinski definition) is 7. The Hall–Kier alpha value is -3.46. The third-order valence-electron chi connectivity index (χ3n) is 4.75. The maximum atomic E-state index is 13.0. The minimum Gasteiger partial charge on any atom is -0.465 e. The maximum Gasteiger partial charge on any atom is 0.339 e. The molecule has 1 fully saturated rings. The molecule has 0 N–H and O–H groups in total. The van der Waals surface area contributed by atoms with Gasteiger partial charge in [0.1, 0.15) is 5.69 Å². The summed E-state index contributed by atoms with van der Waals surface area (Å²) in [7, 11) is 2.76. The van der Waals surface area contributed by atoms with Gasteiger partial charge in [-0.1, -0.05) is 12.1 Å². The molecule has 0 aromatic heterocycles. The Bertz CT molecular complexity index is 940. The molecule has 1 amide bonds. The molecular weight excluding hydrogens is 378 g/mol. The molecule has 0 saturated carbocycles. The van der Waals surface area contributed by atoms with Crippen LogP contribution in [0, 0.1) is 10.1 Å². The van der Waals surface area contributed by atoms with Crippen LogP contribution in [0.3, 0.4) is 0 Å². The monoisotopic (exact) mass is 399 g/mol. The Morgan fingerprint density at radius 1 is 1.17 bits per heavy atom. The van der Waals surface area contributed by atoms with E-state index in [1.807, 2.05) is 4.90 Å². The molecule has 0 radical (unpaired) electrons. The molecule has 9 nitrogen and oxygen atoms in total. The van der Waals surface area contributed by atoms with Crippen LogP contribution in [-0.4, -0.2) is 57.3 Å². The predicted molar refractivity (Wildman–Crippen MR) is 107 cm³/mol. The molecule has 2 aromatic carbocycles. The zero-order valence-electron chi connectivity index (χ0n) is 16.2. The Morgan fingerprint density at radius 2 is 1.86 bits per heavy atom. The Balaban J connectivity index is 1.94. The maximum absolute atomic E-state index is 13.0. The van der Waals surface area contributed by atoms with Gasteiger partial charge in [0.25, 0.3) is 11.6 Å². The summed E-state index contributed by atoms with van der Waals surface area (Å²) >= 11 is 0. The number of ether oxygens (including phenoxy) is 2. The number of morpholine rings is 1. The van der Waals surface area contributed by atoms with Gasteiger partial charge in [-0.05, 0) is 24.3 Å². The average molecular weight is 399 g/mol. The van der Waals surface area contributed by atoms with E-state index in [0.29, 0.717) is 37.7 Å². The van der Waals surface area contributed by atoms with Crippen LogP contribution in [-0.2, 0) is 9.47 Å². The highest BCUT2D eigenvalue weighted by Crippen LogP contribution is 2.31. The van der Waals surface area contributed by atoms with E-state index < -0.39 is 16.8 Å². The molecule has 0 bridgehead atoms. The van der Waals surface area contributed by atoms with E-state index in [1.54, 1.807) is 36.4 Å². The second-order valence-corrected chi connectivity index (χ2v) is 6.43. The molecule has 152 valence electrons. The van der Waals surface area contributed by atoms with E-state index in [4.69, 9.17) is 9.47 Å². The minimum absolute atomic E-state index is 0.146. The number of carbonyl (C=O) groups is 2. The van der Waals surface area contributed by atoms with E-state index in [0.717, 1.165) is 0 Å². The third-order valence-corrected chi connectivity index (χ3v) is 4.75. The molecule has 9 heteroatoms. The average Bonchev–Trinajstić information content (AvgIpc) is 2.77. The smallest absolute Gasteiger partial charge is 0.339 e. The van der Waals surface area contributed by atoms with Crippen molar-refractivity contribution in [3.63, 3.8) is 0 Å². The number of esters is 1. The molecule has 0 atom stereocenters. The molecule has 3 rings (SSSR count). The SMILES string of the molecule is COC(=O)c1ccccc1N(C)C(=O)c1ccc(N2CCOCC2)c([N+](=O)[O-])c1. The van der Waals surface area contributed by atoms with Gasteiger partial charge in [0.15, 0.2) is 0 Å². The normalized spacial score (nSPS) is 13.7. The second kappa shape index (κ2) is 8.70. The number of benzene rings is 2. The van der Waals surface area contributed by atoms with Crippen LogP contribution in [0.2, 0.25) is 0 Å². The fourth-order valence-electron chi connectivity index (χ4n) is 3.23. The van der Waals surface area contributed by atoms with Crippen molar-refractivity contribution >= 4 is 28.9 Å². The van der Waals surface area contributed by atoms with E-state index >= 15 is 0 Å². The number of nitrogens with zero attached hydrogens (tertiary/aromatic N) is 3. The first kappa shape index (κ1) is 20.3. The highest BCUT2D eigenvalue weighted by Gasteiger charge is 2.26. The van der Waals surface area contributed by atoms with Crippen molar-refractivity contribution in [2.75, 3.05) is 50.3 Å². The number of nitro benzene ring substituents is 1. The van der Waals surface area contributed by atoms with Gasteiger partial charge in [-0.2, -0.15) is 0 Å². The highest BCUT2D eigenvalue weighted by molar-refractivity contribution is 6.09. The van der Waals surface area contributed by atoms with E-state index in [9.17, 15) is 19.7 Å². The van der Waals surface area contributed by atoms with Crippen LogP contribution in [0.5, 0.6) is 0 Å². The first-order valence-corrected chi connectivity index (χ1v) is 9.00. The van der Waals surface area contributed by atoms with Crippen molar-refractivity contribution < 1.29 is 24.0 Å². The number of methoxy groups -OCH3 is 1. The highest BCUT2D eigenvalue weighted by atomic mass is 16.6. The zero-order chi connectivity index (χ0) is 21.0. The topological polar surface area (TPSA) is 102 Å². The van der Waals surface area contributed by atoms with Crippen LogP contribution < -0.4 is 9.80 Å². The summed E-state index contributed by atoms with van der Waals surface area (Å²) in [6, 6.07) is 10.9. The first-order valence-electron chi connectivity index (χ1n) is 9.00. The summed E-state index contributed by atoms with van der Waals surface area (Å²) in [6.45, 7) is 2.07. The quantitative estimate of drug-likeness (QED) is 0.432. The summed E-state index contributed by atoms with van der Waals surface area (Å²) in [4.78, 5) is 39.3. The summed E-state index contributed by atoms with van der Waals surface area (Å²) in [5, 5.41) is 11.6. The fraction of sp³-hybridized carbons (Fsp3) is 0.300. The third kappa shape index (κ3) is 4.19. The molecule has 0 unspecified atom stereocenters. The van der Waals surface area contributed by atoms with E-state index in [1.165, 1.54) is 25.1 Å². The van der Waals surface area contributed by atoms with Gasteiger partial charge in [0.05, 0.1) is 36.5 Å². The predicted octanol–water partition coefficient (Wildman–Crippen LogP) is 2.49. The van der Waals surface area contributed by atoms with Crippen molar-refractivity contribution in [1.82, 2.24) is 0 Å². The van der Waals surface area contributed by atoms with Gasteiger partial charge in [-0.15, -0.1) is 0 Å². The fourth-order valence-corrected chi connectivity index (χ4v) is 3.23. The molecule has 1 aliphatic heterocycles. The van der Waals surface area contributed by atoms with Crippen molar-refractivity contribution in [1.29, 1.82) is 0 Å². The number of rotatable bonds is 5. The van der Waals surface area contributed by atoms with Crippen molar-refractivity contribution in [3.05, 3.63) is 63.7 Å². The second-order valence-electron chi connectivity index (χ2n) is 6.43. The lowest BCUT2D eigenvalue weighted by Gasteiger charge is -2.28. The molecule has 1 aliphatic rings. The van der Waals surface area contributed by atoms with Gasteiger partial charge in [-0.25, -0.2) is 4.79 Å². The van der Waals surface area contributed by atoms with E-state index in [-0.39, 0.29) is 16.8 Å². The lowest BCUT2D eigenvalue weighted by molar-refractivity contribution is -0.384. The summed E-state index contributed by atoms with van der Waals surface area (Å²) < 4.78 is 10.1. The molecule has 1 saturated heterocycles. The van der Waals surface area contributed by atoms with Crippen LogP contribution >= 0.6 is 0 Å². The van der Waals surface area contributed by atoms with Gasteiger partial charge in [0.2, 0.25) is 0 Å². The van der Waals surface area contributed by atoms with E-state index in [2.05, 4.69) is 0 Å². The zero-order valence-corrected chi connectivity index (χ0v) is 16.2. The van der Waals surface area contributed by atoms with Gasteiger partial charge >= 0.3 is 5.97 Å². The van der Waals surface area contributed by atoms with Gasteiger partial charge < -0.3 is 19.3 Å². The molecule has 0 aliphatic carbocycles. The number of nitro groups is 1. The molecule has 1 heterocycles. The number of carbonyl (C=O) groups excluding carboxylic acids is 2. The lowest BCUT2D eigenvalue weighted by atomic mass is 10.1. The lowest BCUT2D eigenvalue weighted by Crippen LogP contribution is -2.36. The number of anilines is 2. The van der Waals surface area contributed by atoms with Crippen molar-refractivity contribution in [2.45, 2.75) is 0 Å². The van der Waals surface area contributed by atoms with Crippen LogP contribution in [0.15, 0.2) is 42.5 Å². The van der Waals surface area contributed by atoms with Gasteiger partial charge in [-0.3, -0.25) is 14.9 Å². The Labute approximate surface area is 167 Å². The van der Waals surface area contributed by atoms with Gasteiger partial charge in [0, 0.05) is 31.8 Å². The number of para-hydroxylation sites is 1. The molecule has 29 heavy (non-hydrogen) atoms.